The lowest BCUT2D eigenvalue weighted by Crippen LogP contribution is -2.23. The monoisotopic (exact) mass is 756 g/mol. The smallest absolute Gasteiger partial charge is 0.164 e. The summed E-state index contributed by atoms with van der Waals surface area (Å²) in [5, 5.41) is 7.38. The van der Waals surface area contributed by atoms with Gasteiger partial charge in [-0.15, -0.1) is 11.3 Å². The van der Waals surface area contributed by atoms with Gasteiger partial charge in [0.1, 0.15) is 0 Å². The minimum absolute atomic E-state index is 0.158. The molecule has 0 amide bonds. The molecule has 9 aromatic rings. The molecule has 0 saturated heterocycles. The number of aromatic nitrogens is 4. The number of hydrogen-bond donors (Lipinski definition) is 0. The van der Waals surface area contributed by atoms with E-state index in [4.69, 9.17) is 15.0 Å². The van der Waals surface area contributed by atoms with Crippen molar-refractivity contribution in [2.45, 2.75) is 6.42 Å². The van der Waals surface area contributed by atoms with Gasteiger partial charge in [-0.2, -0.15) is 0 Å². The Balaban J connectivity index is 1.14. The third kappa shape index (κ3) is 4.53. The van der Waals surface area contributed by atoms with Crippen molar-refractivity contribution in [3.63, 3.8) is 0 Å². The molecular weight excluding hydrogens is 725 g/mol. The number of rotatable bonds is 4. The lowest BCUT2D eigenvalue weighted by molar-refractivity contribution is 0.832. The molecule has 4 aliphatic carbocycles. The zero-order chi connectivity index (χ0) is 37.9. The Bertz CT molecular complexity index is 3510. The molecule has 270 valence electrons. The van der Waals surface area contributed by atoms with Crippen molar-refractivity contribution in [2.75, 3.05) is 0 Å². The van der Waals surface area contributed by atoms with E-state index in [1.54, 1.807) is 0 Å². The number of allylic oxidation sites excluding steroid dienone is 14. The Morgan fingerprint density at radius 2 is 1.33 bits per heavy atom. The van der Waals surface area contributed by atoms with Gasteiger partial charge in [-0.1, -0.05) is 146 Å². The van der Waals surface area contributed by atoms with E-state index in [-0.39, 0.29) is 5.92 Å². The molecule has 0 spiro atoms. The van der Waals surface area contributed by atoms with Crippen molar-refractivity contribution < 1.29 is 0 Å². The molecule has 1 atom stereocenters. The lowest BCUT2D eigenvalue weighted by atomic mass is 9.67. The molecule has 1 unspecified atom stereocenters. The first-order chi connectivity index (χ1) is 28.8. The zero-order valence-electron chi connectivity index (χ0n) is 31.2. The van der Waals surface area contributed by atoms with Crippen LogP contribution >= 0.6 is 11.3 Å². The fourth-order valence-electron chi connectivity index (χ4n) is 9.81. The molecule has 0 aliphatic heterocycles. The van der Waals surface area contributed by atoms with Crippen LogP contribution in [0.5, 0.6) is 0 Å². The second-order valence-electron chi connectivity index (χ2n) is 15.4. The molecule has 6 aromatic carbocycles. The van der Waals surface area contributed by atoms with Crippen LogP contribution in [0.2, 0.25) is 0 Å². The van der Waals surface area contributed by atoms with Gasteiger partial charge in [0.2, 0.25) is 0 Å². The first-order valence-electron chi connectivity index (χ1n) is 19.9. The Kier molecular flexibility index (Phi) is 6.69. The maximum atomic E-state index is 5.51. The van der Waals surface area contributed by atoms with Crippen molar-refractivity contribution in [1.29, 1.82) is 0 Å². The van der Waals surface area contributed by atoms with Crippen LogP contribution in [0, 0.1) is 5.92 Å². The summed E-state index contributed by atoms with van der Waals surface area (Å²) in [6.45, 7) is 0. The normalized spacial score (nSPS) is 16.9. The van der Waals surface area contributed by atoms with Crippen LogP contribution in [0.3, 0.4) is 0 Å². The van der Waals surface area contributed by atoms with Crippen LogP contribution in [-0.2, 0) is 0 Å². The van der Waals surface area contributed by atoms with E-state index in [0.29, 0.717) is 17.5 Å². The summed E-state index contributed by atoms with van der Waals surface area (Å²) in [4.78, 5) is 16.2. The fourth-order valence-corrected chi connectivity index (χ4v) is 11.1. The molecule has 58 heavy (non-hydrogen) atoms. The summed E-state index contributed by atoms with van der Waals surface area (Å²) >= 11 is 1.87. The maximum absolute atomic E-state index is 5.51. The van der Waals surface area contributed by atoms with Crippen LogP contribution in [-0.4, -0.2) is 19.5 Å². The summed E-state index contributed by atoms with van der Waals surface area (Å²) in [5.41, 5.74) is 13.0. The highest BCUT2D eigenvalue weighted by Crippen LogP contribution is 2.51. The Morgan fingerprint density at radius 3 is 2.22 bits per heavy atom. The highest BCUT2D eigenvalue weighted by Gasteiger charge is 2.36. The van der Waals surface area contributed by atoms with Crippen LogP contribution in [0.1, 0.15) is 12.2 Å². The Labute approximate surface area is 338 Å². The maximum Gasteiger partial charge on any atom is 0.164 e. The first kappa shape index (κ1) is 31.9. The second-order valence-corrected chi connectivity index (χ2v) is 16.5. The standard InChI is InChI=1S/C53H32N4S/c1-3-12-34(13-4-1)51-54-52(40-27-25-33-23-22-31-14-11-15-32-24-26-37(40)47(33)46(31)32)56-53(55-51)42-30-44-48(41-19-7-9-20-43(41)57(44)35-16-5-2-6-17-35)49-38(42)28-29-39-36-18-8-10-21-45(36)58-50(39)49/h1-14,16-30,47H,15H2. The number of benzene rings is 6. The van der Waals surface area contributed by atoms with E-state index in [0.717, 1.165) is 39.7 Å². The highest BCUT2D eigenvalue weighted by atomic mass is 32.1. The minimum atomic E-state index is 0.158. The molecule has 0 fully saturated rings. The molecule has 0 N–H and O–H groups in total. The zero-order valence-corrected chi connectivity index (χ0v) is 32.0. The first-order valence-corrected chi connectivity index (χ1v) is 20.7. The topological polar surface area (TPSA) is 43.6 Å². The van der Waals surface area contributed by atoms with E-state index in [9.17, 15) is 0 Å². The number of nitrogens with zero attached hydrogens (tertiary/aromatic N) is 4. The number of fused-ring (bicyclic) bond motifs is 9. The van der Waals surface area contributed by atoms with Gasteiger partial charge in [0, 0.05) is 64.6 Å². The number of hydrogen-bond acceptors (Lipinski definition) is 4. The summed E-state index contributed by atoms with van der Waals surface area (Å²) in [5.74, 6) is 2.16. The average molecular weight is 757 g/mol. The van der Waals surface area contributed by atoms with Crippen molar-refractivity contribution in [2.24, 2.45) is 5.92 Å². The molecule has 0 bridgehead atoms. The van der Waals surface area contributed by atoms with Gasteiger partial charge in [0.25, 0.3) is 0 Å². The van der Waals surface area contributed by atoms with Gasteiger partial charge in [-0.25, -0.2) is 15.0 Å². The Hall–Kier alpha value is -7.21. The highest BCUT2D eigenvalue weighted by molar-refractivity contribution is 7.26. The van der Waals surface area contributed by atoms with Gasteiger partial charge in [-0.05, 0) is 70.0 Å². The molecule has 0 radical (unpaired) electrons. The van der Waals surface area contributed by atoms with Gasteiger partial charge >= 0.3 is 0 Å². The molecular formula is C53H32N4S. The summed E-state index contributed by atoms with van der Waals surface area (Å²) in [6, 6.07) is 45.6. The summed E-state index contributed by atoms with van der Waals surface area (Å²) in [6.07, 6.45) is 19.1. The molecule has 3 aromatic heterocycles. The summed E-state index contributed by atoms with van der Waals surface area (Å²) < 4.78 is 4.97. The van der Waals surface area contributed by atoms with E-state index in [1.165, 1.54) is 69.7 Å². The third-order valence-electron chi connectivity index (χ3n) is 12.3. The molecule has 3 heterocycles. The predicted octanol–water partition coefficient (Wildman–Crippen LogP) is 13.5. The van der Waals surface area contributed by atoms with E-state index in [1.807, 2.05) is 17.4 Å². The van der Waals surface area contributed by atoms with Crippen LogP contribution in [0.4, 0.5) is 0 Å². The van der Waals surface area contributed by atoms with Crippen molar-refractivity contribution in [1.82, 2.24) is 19.5 Å². The molecule has 4 nitrogen and oxygen atoms in total. The van der Waals surface area contributed by atoms with Crippen molar-refractivity contribution >= 4 is 69.7 Å². The summed E-state index contributed by atoms with van der Waals surface area (Å²) in [7, 11) is 0. The van der Waals surface area contributed by atoms with Crippen LogP contribution < -0.4 is 0 Å². The molecule has 5 heteroatoms. The lowest BCUT2D eigenvalue weighted by Gasteiger charge is -2.36. The van der Waals surface area contributed by atoms with E-state index >= 15 is 0 Å². The van der Waals surface area contributed by atoms with Gasteiger partial charge < -0.3 is 4.57 Å². The number of para-hydroxylation sites is 2. The van der Waals surface area contributed by atoms with E-state index < -0.39 is 0 Å². The Morgan fingerprint density at radius 1 is 0.569 bits per heavy atom. The molecule has 13 rings (SSSR count). The van der Waals surface area contributed by atoms with Crippen molar-refractivity contribution in [3.05, 3.63) is 210 Å². The molecule has 4 aliphatic rings. The van der Waals surface area contributed by atoms with Gasteiger partial charge in [0.05, 0.1) is 11.0 Å². The van der Waals surface area contributed by atoms with Crippen LogP contribution in [0.15, 0.2) is 204 Å². The average Bonchev–Trinajstić information content (AvgIpc) is 3.84. The van der Waals surface area contributed by atoms with Gasteiger partial charge in [-0.3, -0.25) is 0 Å². The quantitative estimate of drug-likeness (QED) is 0.180. The largest absolute Gasteiger partial charge is 0.309 e. The van der Waals surface area contributed by atoms with Crippen LogP contribution in [0.25, 0.3) is 86.8 Å². The predicted molar refractivity (Wildman–Crippen MR) is 241 cm³/mol. The fraction of sp³-hybridized carbons (Fsp3) is 0.0377. The minimum Gasteiger partial charge on any atom is -0.309 e. The second kappa shape index (κ2) is 12.1. The SMILES string of the molecule is C1=CC2=C3C(=CC=C4C(c5nc(-c6ccccc6)nc(-c6cc7c(c8ccccc8n7-c7ccccc7)c7c6ccc6c8ccccc8sc67)n5)=CC=C(C=C2)C43)C1. The third-order valence-corrected chi connectivity index (χ3v) is 13.5. The van der Waals surface area contributed by atoms with Gasteiger partial charge in [0.15, 0.2) is 17.5 Å². The number of thiophene rings is 1. The van der Waals surface area contributed by atoms with E-state index in [2.05, 4.69) is 175 Å². The molecule has 0 saturated carbocycles. The van der Waals surface area contributed by atoms with Crippen molar-refractivity contribution in [3.8, 4) is 28.5 Å².